The molecule has 0 unspecified atom stereocenters. The summed E-state index contributed by atoms with van der Waals surface area (Å²) in [5.41, 5.74) is 1.20. The Morgan fingerprint density at radius 1 is 1.50 bits per heavy atom. The van der Waals surface area contributed by atoms with Crippen LogP contribution in [0.1, 0.15) is 41.6 Å². The molecule has 0 radical (unpaired) electrons. The molecule has 1 aromatic heterocycles. The van der Waals surface area contributed by atoms with Gasteiger partial charge in [0.15, 0.2) is 0 Å². The van der Waals surface area contributed by atoms with Gasteiger partial charge in [0.2, 0.25) is 0 Å². The number of esters is 1. The second kappa shape index (κ2) is 4.60. The summed E-state index contributed by atoms with van der Waals surface area (Å²) >= 11 is 11.8. The third kappa shape index (κ3) is 2.30. The molecule has 0 spiro atoms. The molecule has 0 aromatic carbocycles. The lowest BCUT2D eigenvalue weighted by Gasteiger charge is -2.07. The van der Waals surface area contributed by atoms with Gasteiger partial charge in [-0.25, -0.2) is 9.78 Å². The molecule has 0 aliphatic heterocycles. The Morgan fingerprint density at radius 2 is 2.19 bits per heavy atom. The van der Waals surface area contributed by atoms with Crippen LogP contribution in [-0.4, -0.2) is 17.6 Å². The van der Waals surface area contributed by atoms with Crippen LogP contribution in [0, 0.1) is 0 Å². The van der Waals surface area contributed by atoms with Crippen LogP contribution in [0.2, 0.25) is 10.3 Å². The fraction of sp³-hybridized carbons (Fsp3) is 0.455. The summed E-state index contributed by atoms with van der Waals surface area (Å²) in [4.78, 5) is 15.6. The molecule has 0 atom stereocenters. The minimum Gasteiger partial charge on any atom is -0.462 e. The first kappa shape index (κ1) is 11.7. The summed E-state index contributed by atoms with van der Waals surface area (Å²) in [6.45, 7) is 2.06. The minimum atomic E-state index is -0.446. The first-order chi connectivity index (χ1) is 7.63. The topological polar surface area (TPSA) is 39.2 Å². The normalized spacial score (nSPS) is 14.9. The third-order valence-electron chi connectivity index (χ3n) is 2.47. The maximum Gasteiger partial charge on any atom is 0.341 e. The molecule has 3 nitrogen and oxygen atoms in total. The number of carbonyl (C=O) groups excluding carboxylic acids is 1. The van der Waals surface area contributed by atoms with Crippen LogP contribution < -0.4 is 0 Å². The zero-order valence-corrected chi connectivity index (χ0v) is 10.3. The molecule has 1 heterocycles. The van der Waals surface area contributed by atoms with E-state index in [2.05, 4.69) is 4.98 Å². The van der Waals surface area contributed by atoms with Crippen LogP contribution in [0.15, 0.2) is 6.07 Å². The van der Waals surface area contributed by atoms with Crippen molar-refractivity contribution < 1.29 is 9.53 Å². The fourth-order valence-corrected chi connectivity index (χ4v) is 2.07. The summed E-state index contributed by atoms with van der Waals surface area (Å²) < 4.78 is 4.90. The second-order valence-electron chi connectivity index (χ2n) is 3.70. The number of pyridine rings is 1. The molecule has 86 valence electrons. The predicted molar refractivity (Wildman–Crippen MR) is 62.2 cm³/mol. The van der Waals surface area contributed by atoms with E-state index in [-0.39, 0.29) is 5.15 Å². The van der Waals surface area contributed by atoms with Crippen molar-refractivity contribution in [1.29, 1.82) is 0 Å². The number of ether oxygens (including phenoxy) is 1. The van der Waals surface area contributed by atoms with E-state index in [9.17, 15) is 4.79 Å². The van der Waals surface area contributed by atoms with Crippen LogP contribution >= 0.6 is 23.2 Å². The Kier molecular flexibility index (Phi) is 3.36. The van der Waals surface area contributed by atoms with Crippen molar-refractivity contribution in [2.75, 3.05) is 6.61 Å². The standard InChI is InChI=1S/C11H11Cl2NO2/c1-2-16-11(15)8-5-7(6-3-4-6)9(12)14-10(8)13/h5-6H,2-4H2,1H3. The molecule has 0 N–H and O–H groups in total. The lowest BCUT2D eigenvalue weighted by molar-refractivity contribution is 0.0526. The van der Waals surface area contributed by atoms with E-state index < -0.39 is 5.97 Å². The number of carbonyl (C=O) groups is 1. The maximum atomic E-state index is 11.6. The van der Waals surface area contributed by atoms with Crippen molar-refractivity contribution in [2.45, 2.75) is 25.7 Å². The van der Waals surface area contributed by atoms with Crippen LogP contribution in [-0.2, 0) is 4.74 Å². The van der Waals surface area contributed by atoms with Gasteiger partial charge in [-0.1, -0.05) is 23.2 Å². The van der Waals surface area contributed by atoms with E-state index in [1.54, 1.807) is 13.0 Å². The molecule has 0 bridgehead atoms. The molecule has 2 rings (SSSR count). The number of hydrogen-bond acceptors (Lipinski definition) is 3. The SMILES string of the molecule is CCOC(=O)c1cc(C2CC2)c(Cl)nc1Cl. The quantitative estimate of drug-likeness (QED) is 0.617. The van der Waals surface area contributed by atoms with Gasteiger partial charge in [-0.3, -0.25) is 0 Å². The van der Waals surface area contributed by atoms with Gasteiger partial charge in [0.05, 0.1) is 12.2 Å². The van der Waals surface area contributed by atoms with Gasteiger partial charge in [0, 0.05) is 0 Å². The largest absolute Gasteiger partial charge is 0.462 e. The van der Waals surface area contributed by atoms with E-state index in [4.69, 9.17) is 27.9 Å². The van der Waals surface area contributed by atoms with Gasteiger partial charge in [-0.2, -0.15) is 0 Å². The summed E-state index contributed by atoms with van der Waals surface area (Å²) in [6, 6.07) is 1.70. The minimum absolute atomic E-state index is 0.104. The smallest absolute Gasteiger partial charge is 0.341 e. The van der Waals surface area contributed by atoms with Crippen molar-refractivity contribution in [3.63, 3.8) is 0 Å². The molecule has 1 aliphatic rings. The fourth-order valence-electron chi connectivity index (χ4n) is 1.52. The van der Waals surface area contributed by atoms with Crippen molar-refractivity contribution in [3.05, 3.63) is 27.5 Å². The zero-order valence-electron chi connectivity index (χ0n) is 8.80. The Labute approximate surface area is 104 Å². The van der Waals surface area contributed by atoms with E-state index in [0.717, 1.165) is 18.4 Å². The molecule has 1 aromatic rings. The van der Waals surface area contributed by atoms with Crippen molar-refractivity contribution in [1.82, 2.24) is 4.98 Å². The predicted octanol–water partition coefficient (Wildman–Crippen LogP) is 3.44. The first-order valence-electron chi connectivity index (χ1n) is 5.16. The van der Waals surface area contributed by atoms with Crippen molar-refractivity contribution >= 4 is 29.2 Å². The van der Waals surface area contributed by atoms with Gasteiger partial charge in [0.25, 0.3) is 0 Å². The maximum absolute atomic E-state index is 11.6. The first-order valence-corrected chi connectivity index (χ1v) is 5.92. The highest BCUT2D eigenvalue weighted by Crippen LogP contribution is 2.43. The Morgan fingerprint density at radius 3 is 2.75 bits per heavy atom. The second-order valence-corrected chi connectivity index (χ2v) is 4.42. The zero-order chi connectivity index (χ0) is 11.7. The Bertz CT molecular complexity index is 430. The van der Waals surface area contributed by atoms with Gasteiger partial charge >= 0.3 is 5.97 Å². The number of hydrogen-bond donors (Lipinski definition) is 0. The lowest BCUT2D eigenvalue weighted by atomic mass is 10.1. The Hall–Kier alpha value is -0.800. The average molecular weight is 260 g/mol. The molecule has 1 saturated carbocycles. The van der Waals surface area contributed by atoms with E-state index in [1.807, 2.05) is 0 Å². The van der Waals surface area contributed by atoms with Gasteiger partial charge < -0.3 is 4.74 Å². The number of rotatable bonds is 3. The molecule has 1 fully saturated rings. The van der Waals surface area contributed by atoms with Crippen LogP contribution in [0.3, 0.4) is 0 Å². The summed E-state index contributed by atoms with van der Waals surface area (Å²) in [5, 5.41) is 0.494. The molecular formula is C11H11Cl2NO2. The molecule has 0 saturated heterocycles. The molecule has 16 heavy (non-hydrogen) atoms. The van der Waals surface area contributed by atoms with Crippen molar-refractivity contribution in [3.8, 4) is 0 Å². The number of halogens is 2. The van der Waals surface area contributed by atoms with Crippen LogP contribution in [0.5, 0.6) is 0 Å². The van der Waals surface area contributed by atoms with Gasteiger partial charge in [-0.15, -0.1) is 0 Å². The average Bonchev–Trinajstić information content (AvgIpc) is 3.01. The van der Waals surface area contributed by atoms with Gasteiger partial charge in [-0.05, 0) is 37.3 Å². The summed E-state index contributed by atoms with van der Waals surface area (Å²) in [5.74, 6) is -0.0241. The summed E-state index contributed by atoms with van der Waals surface area (Å²) in [6.07, 6.45) is 2.18. The van der Waals surface area contributed by atoms with E-state index in [1.165, 1.54) is 0 Å². The van der Waals surface area contributed by atoms with Crippen LogP contribution in [0.25, 0.3) is 0 Å². The Balaban J connectivity index is 2.36. The molecule has 1 aliphatic carbocycles. The van der Waals surface area contributed by atoms with E-state index >= 15 is 0 Å². The number of nitrogens with zero attached hydrogens (tertiary/aromatic N) is 1. The highest BCUT2D eigenvalue weighted by molar-refractivity contribution is 6.34. The molecular weight excluding hydrogens is 249 g/mol. The lowest BCUT2D eigenvalue weighted by Crippen LogP contribution is -2.07. The van der Waals surface area contributed by atoms with Crippen molar-refractivity contribution in [2.24, 2.45) is 0 Å². The molecule has 5 heteroatoms. The highest BCUT2D eigenvalue weighted by Gasteiger charge is 2.28. The van der Waals surface area contributed by atoms with Crippen LogP contribution in [0.4, 0.5) is 0 Å². The highest BCUT2D eigenvalue weighted by atomic mass is 35.5. The van der Waals surface area contributed by atoms with Gasteiger partial charge in [0.1, 0.15) is 10.3 Å². The summed E-state index contributed by atoms with van der Waals surface area (Å²) in [7, 11) is 0. The number of aromatic nitrogens is 1. The monoisotopic (exact) mass is 259 g/mol. The molecule has 0 amide bonds. The third-order valence-corrected chi connectivity index (χ3v) is 3.06. The van der Waals surface area contributed by atoms with E-state index in [0.29, 0.717) is 23.2 Å².